The third-order valence-corrected chi connectivity index (χ3v) is 9.40. The van der Waals surface area contributed by atoms with E-state index in [1.165, 1.54) is 12.5 Å². The van der Waals surface area contributed by atoms with Gasteiger partial charge >= 0.3 is 5.97 Å². The van der Waals surface area contributed by atoms with Crippen LogP contribution in [0.5, 0.6) is 0 Å². The third-order valence-electron chi connectivity index (χ3n) is 9.04. The van der Waals surface area contributed by atoms with Crippen molar-refractivity contribution in [3.8, 4) is 0 Å². The summed E-state index contributed by atoms with van der Waals surface area (Å²) in [6.07, 6.45) is 8.50. The molecule has 29 heavy (non-hydrogen) atoms. The standard InChI is InChI=1S/C24H33ClO4/c1-14(26)24(29-15(2)27)11-8-19-17-13-21(25)20-12-16(28-5)6-9-22(20,3)18(17)7-10-23(19,24)4/h12,17-19H,6-11,13H2,1-5H3/t17-,18+,19+,22-,23+,24-/m1/s1. The van der Waals surface area contributed by atoms with E-state index >= 15 is 0 Å². The lowest BCUT2D eigenvalue weighted by Gasteiger charge is -2.58. The summed E-state index contributed by atoms with van der Waals surface area (Å²) in [6.45, 7) is 7.56. The quantitative estimate of drug-likeness (QED) is 0.562. The zero-order chi connectivity index (χ0) is 21.2. The van der Waals surface area contributed by atoms with Gasteiger partial charge in [-0.2, -0.15) is 0 Å². The van der Waals surface area contributed by atoms with Crippen LogP contribution in [0.15, 0.2) is 22.4 Å². The predicted molar refractivity (Wildman–Crippen MR) is 112 cm³/mol. The average molecular weight is 421 g/mol. The van der Waals surface area contributed by atoms with Gasteiger partial charge in [-0.1, -0.05) is 25.4 Å². The van der Waals surface area contributed by atoms with Crippen LogP contribution in [-0.2, 0) is 19.1 Å². The Balaban J connectivity index is 1.75. The second kappa shape index (κ2) is 6.87. The van der Waals surface area contributed by atoms with Crippen molar-refractivity contribution < 1.29 is 19.1 Å². The average Bonchev–Trinajstić information content (AvgIpc) is 2.95. The molecular formula is C24H33ClO4. The van der Waals surface area contributed by atoms with Gasteiger partial charge < -0.3 is 9.47 Å². The highest BCUT2D eigenvalue weighted by Crippen LogP contribution is 2.68. The van der Waals surface area contributed by atoms with Crippen LogP contribution in [0.4, 0.5) is 0 Å². The number of Topliss-reactive ketones (excluding diaryl/α,β-unsaturated/α-hetero) is 1. The molecule has 4 aliphatic carbocycles. The SMILES string of the molecule is COC1=CC2=C(Cl)C[C@@H]3[C@H](CC[C@@]4(C)[C@H]3CC[C@@]4(OC(C)=O)C(C)=O)[C@@]2(C)CC1. The minimum absolute atomic E-state index is 0.00849. The molecule has 0 amide bonds. The summed E-state index contributed by atoms with van der Waals surface area (Å²) in [5.41, 5.74) is -0.00453. The number of hydrogen-bond donors (Lipinski definition) is 0. The number of allylic oxidation sites excluding steroid dienone is 4. The van der Waals surface area contributed by atoms with E-state index < -0.39 is 5.60 Å². The maximum atomic E-state index is 12.8. The van der Waals surface area contributed by atoms with Crippen molar-refractivity contribution >= 4 is 23.4 Å². The normalized spacial score (nSPS) is 43.7. The van der Waals surface area contributed by atoms with Crippen molar-refractivity contribution in [1.29, 1.82) is 0 Å². The summed E-state index contributed by atoms with van der Waals surface area (Å²) < 4.78 is 11.4. The summed E-state index contributed by atoms with van der Waals surface area (Å²) in [7, 11) is 1.73. The molecular weight excluding hydrogens is 388 g/mol. The summed E-state index contributed by atoms with van der Waals surface area (Å²) in [4.78, 5) is 24.8. The van der Waals surface area contributed by atoms with E-state index in [9.17, 15) is 9.59 Å². The van der Waals surface area contributed by atoms with Crippen LogP contribution < -0.4 is 0 Å². The number of halogens is 1. The van der Waals surface area contributed by atoms with Gasteiger partial charge in [-0.3, -0.25) is 9.59 Å². The van der Waals surface area contributed by atoms with Crippen LogP contribution in [0.1, 0.15) is 72.6 Å². The molecule has 0 radical (unpaired) electrons. The van der Waals surface area contributed by atoms with Gasteiger partial charge in [0.2, 0.25) is 0 Å². The maximum Gasteiger partial charge on any atom is 0.303 e. The van der Waals surface area contributed by atoms with E-state index in [1.807, 2.05) is 0 Å². The van der Waals surface area contributed by atoms with Gasteiger partial charge in [-0.15, -0.1) is 0 Å². The highest BCUT2D eigenvalue weighted by molar-refractivity contribution is 6.30. The molecule has 0 bridgehead atoms. The Morgan fingerprint density at radius 1 is 1.10 bits per heavy atom. The highest BCUT2D eigenvalue weighted by Gasteiger charge is 2.67. The Morgan fingerprint density at radius 3 is 2.41 bits per heavy atom. The molecule has 4 nitrogen and oxygen atoms in total. The number of ketones is 1. The van der Waals surface area contributed by atoms with Crippen LogP contribution in [0, 0.1) is 28.6 Å². The van der Waals surface area contributed by atoms with Crippen LogP contribution in [0.3, 0.4) is 0 Å². The summed E-state index contributed by atoms with van der Waals surface area (Å²) in [5, 5.41) is 0.945. The lowest BCUT2D eigenvalue weighted by Crippen LogP contribution is -2.58. The molecule has 0 heterocycles. The summed E-state index contributed by atoms with van der Waals surface area (Å²) in [6, 6.07) is 0. The Hall–Kier alpha value is -1.29. The Kier molecular flexibility index (Phi) is 4.96. The summed E-state index contributed by atoms with van der Waals surface area (Å²) in [5.74, 6) is 1.94. The van der Waals surface area contributed by atoms with E-state index in [0.29, 0.717) is 24.2 Å². The minimum atomic E-state index is -0.985. The van der Waals surface area contributed by atoms with Crippen molar-refractivity contribution in [2.75, 3.05) is 7.11 Å². The maximum absolute atomic E-state index is 12.8. The van der Waals surface area contributed by atoms with Gasteiger partial charge in [0, 0.05) is 23.8 Å². The van der Waals surface area contributed by atoms with Crippen molar-refractivity contribution in [3.05, 3.63) is 22.4 Å². The van der Waals surface area contributed by atoms with Crippen molar-refractivity contribution in [1.82, 2.24) is 0 Å². The number of carbonyl (C=O) groups excluding carboxylic acids is 2. The van der Waals surface area contributed by atoms with E-state index in [1.54, 1.807) is 14.0 Å². The lowest BCUT2D eigenvalue weighted by atomic mass is 9.47. The van der Waals surface area contributed by atoms with Gasteiger partial charge in [0.1, 0.15) is 0 Å². The largest absolute Gasteiger partial charge is 0.501 e. The van der Waals surface area contributed by atoms with E-state index in [2.05, 4.69) is 19.9 Å². The van der Waals surface area contributed by atoms with Gasteiger partial charge in [-0.05, 0) is 80.3 Å². The highest BCUT2D eigenvalue weighted by atomic mass is 35.5. The van der Waals surface area contributed by atoms with Crippen LogP contribution in [-0.4, -0.2) is 24.5 Å². The molecule has 0 spiro atoms. The van der Waals surface area contributed by atoms with E-state index in [4.69, 9.17) is 21.1 Å². The Morgan fingerprint density at radius 2 is 1.79 bits per heavy atom. The fourth-order valence-corrected chi connectivity index (χ4v) is 8.04. The van der Waals surface area contributed by atoms with Crippen LogP contribution >= 0.6 is 11.6 Å². The van der Waals surface area contributed by atoms with Crippen LogP contribution in [0.25, 0.3) is 0 Å². The van der Waals surface area contributed by atoms with Crippen molar-refractivity contribution in [2.45, 2.75) is 78.2 Å². The number of fused-ring (bicyclic) bond motifs is 5. The first-order valence-electron chi connectivity index (χ1n) is 10.9. The zero-order valence-corrected chi connectivity index (χ0v) is 19.0. The van der Waals surface area contributed by atoms with Gasteiger partial charge in [0.15, 0.2) is 11.4 Å². The minimum Gasteiger partial charge on any atom is -0.501 e. The first-order chi connectivity index (χ1) is 13.6. The fraction of sp³-hybridized carbons (Fsp3) is 0.750. The molecule has 0 saturated heterocycles. The molecule has 0 N–H and O–H groups in total. The Bertz CT molecular complexity index is 814. The van der Waals surface area contributed by atoms with Gasteiger partial charge in [0.25, 0.3) is 0 Å². The van der Waals surface area contributed by atoms with Gasteiger partial charge in [-0.25, -0.2) is 0 Å². The molecule has 4 rings (SSSR count). The number of esters is 1. The molecule has 0 aromatic heterocycles. The molecule has 0 aromatic carbocycles. The number of hydrogen-bond acceptors (Lipinski definition) is 4. The Labute approximate surface area is 179 Å². The second-order valence-corrected chi connectivity index (χ2v) is 10.6. The molecule has 0 aliphatic heterocycles. The first-order valence-corrected chi connectivity index (χ1v) is 11.3. The monoisotopic (exact) mass is 420 g/mol. The number of rotatable bonds is 3. The van der Waals surface area contributed by atoms with Crippen LogP contribution in [0.2, 0.25) is 0 Å². The molecule has 6 atom stereocenters. The molecule has 2 saturated carbocycles. The molecule has 2 fully saturated rings. The number of carbonyl (C=O) groups is 2. The predicted octanol–water partition coefficient (Wildman–Crippen LogP) is 5.55. The van der Waals surface area contributed by atoms with Gasteiger partial charge in [0.05, 0.1) is 12.9 Å². The van der Waals surface area contributed by atoms with Crippen molar-refractivity contribution in [3.63, 3.8) is 0 Å². The van der Waals surface area contributed by atoms with E-state index in [0.717, 1.165) is 49.3 Å². The molecule has 0 unspecified atom stereocenters. The topological polar surface area (TPSA) is 52.6 Å². The lowest BCUT2D eigenvalue weighted by molar-refractivity contribution is -0.186. The second-order valence-electron chi connectivity index (χ2n) is 10.1. The molecule has 4 aliphatic rings. The van der Waals surface area contributed by atoms with Crippen molar-refractivity contribution in [2.24, 2.45) is 28.6 Å². The first kappa shape index (κ1) is 21.0. The van der Waals surface area contributed by atoms with E-state index in [-0.39, 0.29) is 22.6 Å². The molecule has 5 heteroatoms. The molecule has 0 aromatic rings. The third kappa shape index (κ3) is 2.77. The number of ether oxygens (including phenoxy) is 2. The zero-order valence-electron chi connectivity index (χ0n) is 18.3. The number of methoxy groups -OCH3 is 1. The smallest absolute Gasteiger partial charge is 0.303 e. The molecule has 160 valence electrons. The summed E-state index contributed by atoms with van der Waals surface area (Å²) >= 11 is 6.90. The fourth-order valence-electron chi connectivity index (χ4n) is 7.59.